The maximum absolute atomic E-state index is 8.85. The van der Waals surface area contributed by atoms with Gasteiger partial charge in [-0.15, -0.1) is 0 Å². The molecule has 2 nitrogen and oxygen atoms in total. The molecule has 66 valence electrons. The normalized spacial score (nSPS) is 10.5. The van der Waals surface area contributed by atoms with E-state index in [-0.39, 0.29) is 6.61 Å². The lowest BCUT2D eigenvalue weighted by molar-refractivity contribution is 0.300. The van der Waals surface area contributed by atoms with Gasteiger partial charge in [0.15, 0.2) is 0 Å². The van der Waals surface area contributed by atoms with Crippen molar-refractivity contribution < 1.29 is 5.11 Å². The highest BCUT2D eigenvalue weighted by atomic mass is 16.2. The van der Waals surface area contributed by atoms with Crippen molar-refractivity contribution in [2.75, 3.05) is 6.61 Å². The number of para-hydroxylation sites is 1. The van der Waals surface area contributed by atoms with E-state index in [2.05, 4.69) is 4.98 Å². The van der Waals surface area contributed by atoms with E-state index >= 15 is 0 Å². The second kappa shape index (κ2) is 3.54. The third kappa shape index (κ3) is 1.53. The summed E-state index contributed by atoms with van der Waals surface area (Å²) in [4.78, 5) is 4.29. The van der Waals surface area contributed by atoms with Crippen LogP contribution in [0.15, 0.2) is 36.5 Å². The summed E-state index contributed by atoms with van der Waals surface area (Å²) < 4.78 is 0. The summed E-state index contributed by atoms with van der Waals surface area (Å²) in [6.07, 6.45) is 2.46. The predicted octanol–water partition coefficient (Wildman–Crippen LogP) is 1.77. The number of aliphatic hydroxyl groups is 1. The lowest BCUT2D eigenvalue weighted by Crippen LogP contribution is -1.92. The first-order chi connectivity index (χ1) is 6.42. The Morgan fingerprint density at radius 2 is 2.00 bits per heavy atom. The van der Waals surface area contributed by atoms with E-state index in [0.717, 1.165) is 16.5 Å². The molecule has 0 saturated heterocycles. The number of benzene rings is 1. The van der Waals surface area contributed by atoms with E-state index < -0.39 is 0 Å². The first kappa shape index (κ1) is 8.20. The van der Waals surface area contributed by atoms with E-state index in [1.807, 2.05) is 30.3 Å². The van der Waals surface area contributed by atoms with Crippen molar-refractivity contribution in [2.24, 2.45) is 0 Å². The van der Waals surface area contributed by atoms with Gasteiger partial charge in [-0.3, -0.25) is 4.98 Å². The average molecular weight is 173 g/mol. The highest BCUT2D eigenvalue weighted by molar-refractivity contribution is 5.81. The molecule has 1 N–H and O–H groups in total. The van der Waals surface area contributed by atoms with Crippen LogP contribution in [-0.4, -0.2) is 16.7 Å². The monoisotopic (exact) mass is 173 g/mol. The fourth-order valence-electron chi connectivity index (χ4n) is 1.49. The number of aliphatic hydroxyl groups excluding tert-OH is 1. The quantitative estimate of drug-likeness (QED) is 0.750. The maximum Gasteiger partial charge on any atom is 0.0734 e. The second-order valence-corrected chi connectivity index (χ2v) is 2.97. The summed E-state index contributed by atoms with van der Waals surface area (Å²) in [5.41, 5.74) is 2.11. The molecule has 1 aromatic heterocycles. The molecule has 0 amide bonds. The maximum atomic E-state index is 8.85. The van der Waals surface area contributed by atoms with Gasteiger partial charge in [0.25, 0.3) is 0 Å². The average Bonchev–Trinajstić information content (AvgIpc) is 2.19. The predicted molar refractivity (Wildman–Crippen MR) is 52.5 cm³/mol. The van der Waals surface area contributed by atoms with Crippen LogP contribution in [0.2, 0.25) is 0 Å². The molecule has 1 heterocycles. The fraction of sp³-hybridized carbons (Fsp3) is 0.182. The van der Waals surface area contributed by atoms with Gasteiger partial charge in [-0.25, -0.2) is 0 Å². The molecule has 0 aliphatic rings. The van der Waals surface area contributed by atoms with Crippen molar-refractivity contribution >= 4 is 10.9 Å². The molecule has 2 aromatic rings. The Balaban J connectivity index is 2.61. The van der Waals surface area contributed by atoms with E-state index in [9.17, 15) is 0 Å². The first-order valence-corrected chi connectivity index (χ1v) is 4.35. The Kier molecular flexibility index (Phi) is 2.23. The molecule has 0 atom stereocenters. The number of pyridine rings is 1. The van der Waals surface area contributed by atoms with Crippen molar-refractivity contribution in [1.82, 2.24) is 4.98 Å². The van der Waals surface area contributed by atoms with Crippen LogP contribution in [0.5, 0.6) is 0 Å². The van der Waals surface area contributed by atoms with Crippen molar-refractivity contribution in [2.45, 2.75) is 6.42 Å². The highest BCUT2D eigenvalue weighted by Crippen LogP contribution is 2.15. The van der Waals surface area contributed by atoms with Crippen LogP contribution in [0.1, 0.15) is 5.56 Å². The number of aromatic nitrogens is 1. The summed E-state index contributed by atoms with van der Waals surface area (Å²) in [6.45, 7) is 0.176. The van der Waals surface area contributed by atoms with Gasteiger partial charge in [0.05, 0.1) is 5.52 Å². The number of hydrogen-bond donors (Lipinski definition) is 1. The molecule has 0 fully saturated rings. The molecule has 0 bridgehead atoms. The molecular weight excluding hydrogens is 162 g/mol. The Morgan fingerprint density at radius 3 is 2.85 bits per heavy atom. The zero-order valence-electron chi connectivity index (χ0n) is 7.27. The number of fused-ring (bicyclic) bond motifs is 1. The number of nitrogens with zero attached hydrogens (tertiary/aromatic N) is 1. The van der Waals surface area contributed by atoms with Crippen LogP contribution in [0.25, 0.3) is 10.9 Å². The lowest BCUT2D eigenvalue weighted by Gasteiger charge is -2.02. The molecule has 0 aliphatic heterocycles. The Hall–Kier alpha value is -1.41. The smallest absolute Gasteiger partial charge is 0.0734 e. The van der Waals surface area contributed by atoms with E-state index in [4.69, 9.17) is 5.11 Å². The molecule has 0 radical (unpaired) electrons. The van der Waals surface area contributed by atoms with Gasteiger partial charge >= 0.3 is 0 Å². The van der Waals surface area contributed by atoms with Gasteiger partial charge in [0.2, 0.25) is 0 Å². The van der Waals surface area contributed by atoms with Crippen LogP contribution in [0.4, 0.5) is 0 Å². The fourth-order valence-corrected chi connectivity index (χ4v) is 1.49. The Labute approximate surface area is 76.9 Å². The van der Waals surface area contributed by atoms with Crippen molar-refractivity contribution in [1.29, 1.82) is 0 Å². The minimum Gasteiger partial charge on any atom is -0.396 e. The van der Waals surface area contributed by atoms with Gasteiger partial charge in [-0.05, 0) is 18.1 Å². The van der Waals surface area contributed by atoms with Crippen LogP contribution in [0.3, 0.4) is 0 Å². The van der Waals surface area contributed by atoms with Crippen molar-refractivity contribution in [3.8, 4) is 0 Å². The van der Waals surface area contributed by atoms with Gasteiger partial charge in [0.1, 0.15) is 0 Å². The zero-order chi connectivity index (χ0) is 9.10. The van der Waals surface area contributed by atoms with Crippen LogP contribution < -0.4 is 0 Å². The summed E-state index contributed by atoms with van der Waals surface area (Å²) >= 11 is 0. The standard InChI is InChI=1S/C11H11NO/c13-8-6-10-4-1-3-9-5-2-7-12-11(9)10/h1-5,7,13H,6,8H2. The summed E-state index contributed by atoms with van der Waals surface area (Å²) in [5, 5.41) is 9.98. The van der Waals surface area contributed by atoms with E-state index in [0.29, 0.717) is 6.42 Å². The highest BCUT2D eigenvalue weighted by Gasteiger charge is 1.99. The molecule has 2 rings (SSSR count). The van der Waals surface area contributed by atoms with Crippen LogP contribution in [0, 0.1) is 0 Å². The number of rotatable bonds is 2. The van der Waals surface area contributed by atoms with E-state index in [1.165, 1.54) is 0 Å². The summed E-state index contributed by atoms with van der Waals surface area (Å²) in [7, 11) is 0. The third-order valence-corrected chi connectivity index (χ3v) is 2.10. The summed E-state index contributed by atoms with van der Waals surface area (Å²) in [6, 6.07) is 9.98. The molecule has 0 saturated carbocycles. The molecule has 1 aromatic carbocycles. The van der Waals surface area contributed by atoms with E-state index in [1.54, 1.807) is 6.20 Å². The SMILES string of the molecule is OCCc1cccc2cccnc12. The Bertz CT molecular complexity index is 406. The van der Waals surface area contributed by atoms with Crippen molar-refractivity contribution in [3.63, 3.8) is 0 Å². The topological polar surface area (TPSA) is 33.1 Å². The molecule has 0 aliphatic carbocycles. The van der Waals surface area contributed by atoms with Gasteiger partial charge < -0.3 is 5.11 Å². The second-order valence-electron chi connectivity index (χ2n) is 2.97. The molecule has 0 unspecified atom stereocenters. The number of hydrogen-bond acceptors (Lipinski definition) is 2. The van der Waals surface area contributed by atoms with Gasteiger partial charge in [-0.2, -0.15) is 0 Å². The third-order valence-electron chi connectivity index (χ3n) is 2.10. The largest absolute Gasteiger partial charge is 0.396 e. The van der Waals surface area contributed by atoms with Crippen LogP contribution in [-0.2, 0) is 6.42 Å². The van der Waals surface area contributed by atoms with Gasteiger partial charge in [-0.1, -0.05) is 24.3 Å². The van der Waals surface area contributed by atoms with Gasteiger partial charge in [0, 0.05) is 18.2 Å². The Morgan fingerprint density at radius 1 is 1.15 bits per heavy atom. The molecular formula is C11H11NO. The van der Waals surface area contributed by atoms with Crippen molar-refractivity contribution in [3.05, 3.63) is 42.1 Å². The lowest BCUT2D eigenvalue weighted by atomic mass is 10.1. The molecule has 2 heteroatoms. The first-order valence-electron chi connectivity index (χ1n) is 4.35. The van der Waals surface area contributed by atoms with Crippen LogP contribution >= 0.6 is 0 Å². The minimum absolute atomic E-state index is 0.176. The minimum atomic E-state index is 0.176. The zero-order valence-corrected chi connectivity index (χ0v) is 7.27. The summed E-state index contributed by atoms with van der Waals surface area (Å²) in [5.74, 6) is 0. The molecule has 0 spiro atoms. The molecule has 13 heavy (non-hydrogen) atoms.